The molecule has 1 saturated heterocycles. The van der Waals surface area contributed by atoms with Crippen LogP contribution in [0.1, 0.15) is 18.4 Å². The first-order chi connectivity index (χ1) is 10.2. The maximum atomic E-state index is 5.95. The van der Waals surface area contributed by atoms with E-state index in [-0.39, 0.29) is 5.28 Å². The van der Waals surface area contributed by atoms with Crippen LogP contribution in [0.3, 0.4) is 0 Å². The summed E-state index contributed by atoms with van der Waals surface area (Å²) in [6.07, 6.45) is 5.03. The van der Waals surface area contributed by atoms with Crippen LogP contribution in [0.25, 0.3) is 0 Å². The van der Waals surface area contributed by atoms with Crippen molar-refractivity contribution in [3.8, 4) is 0 Å². The molecule has 0 saturated carbocycles. The van der Waals surface area contributed by atoms with Crippen LogP contribution < -0.4 is 10.6 Å². The third-order valence-corrected chi connectivity index (χ3v) is 4.23. The monoisotopic (exact) mass is 302 g/mol. The summed E-state index contributed by atoms with van der Waals surface area (Å²) < 4.78 is 0. The summed E-state index contributed by atoms with van der Waals surface area (Å²) in [7, 11) is 0. The Kier molecular flexibility index (Phi) is 4.25. The van der Waals surface area contributed by atoms with E-state index < -0.39 is 0 Å². The van der Waals surface area contributed by atoms with Crippen molar-refractivity contribution in [3.63, 3.8) is 0 Å². The number of benzene rings is 1. The first kappa shape index (κ1) is 14.1. The van der Waals surface area contributed by atoms with Gasteiger partial charge in [0.1, 0.15) is 0 Å². The number of nitrogen functional groups attached to an aromatic ring is 1. The highest BCUT2D eigenvalue weighted by molar-refractivity contribution is 6.28. The van der Waals surface area contributed by atoms with Gasteiger partial charge in [0.2, 0.25) is 5.28 Å². The maximum Gasteiger partial charge on any atom is 0.224 e. The van der Waals surface area contributed by atoms with Crippen molar-refractivity contribution in [2.24, 2.45) is 5.92 Å². The Balaban J connectivity index is 1.61. The number of aromatic nitrogens is 2. The van der Waals surface area contributed by atoms with Crippen LogP contribution in [0.15, 0.2) is 36.5 Å². The summed E-state index contributed by atoms with van der Waals surface area (Å²) in [6.45, 7) is 1.93. The summed E-state index contributed by atoms with van der Waals surface area (Å²) in [5.41, 5.74) is 7.97. The molecule has 0 bridgehead atoms. The van der Waals surface area contributed by atoms with Gasteiger partial charge in [-0.2, -0.15) is 4.98 Å². The topological polar surface area (TPSA) is 55.0 Å². The van der Waals surface area contributed by atoms with Gasteiger partial charge in [-0.15, -0.1) is 0 Å². The number of piperidine rings is 1. The van der Waals surface area contributed by atoms with E-state index in [9.17, 15) is 0 Å². The van der Waals surface area contributed by atoms with Gasteiger partial charge in [0.15, 0.2) is 5.82 Å². The summed E-state index contributed by atoms with van der Waals surface area (Å²) in [5.74, 6) is 1.50. The van der Waals surface area contributed by atoms with E-state index in [0.717, 1.165) is 44.1 Å². The number of nitrogens with zero attached hydrogens (tertiary/aromatic N) is 3. The standard InChI is InChI=1S/C16H19ClN4/c17-16-19-11-14(18)15(20-16)21-8-6-13(7-9-21)10-12-4-2-1-3-5-12/h1-5,11,13H,6-10,18H2. The quantitative estimate of drug-likeness (QED) is 0.885. The fourth-order valence-corrected chi connectivity index (χ4v) is 3.04. The average molecular weight is 303 g/mol. The summed E-state index contributed by atoms with van der Waals surface area (Å²) in [6, 6.07) is 10.7. The van der Waals surface area contributed by atoms with E-state index in [0.29, 0.717) is 5.69 Å². The van der Waals surface area contributed by atoms with Crippen molar-refractivity contribution in [3.05, 3.63) is 47.4 Å². The number of halogens is 1. The minimum atomic E-state index is 0.255. The first-order valence-corrected chi connectivity index (χ1v) is 7.67. The fourth-order valence-electron chi connectivity index (χ4n) is 2.91. The van der Waals surface area contributed by atoms with Gasteiger partial charge in [-0.1, -0.05) is 30.3 Å². The molecule has 1 fully saturated rings. The molecule has 0 unspecified atom stereocenters. The van der Waals surface area contributed by atoms with E-state index >= 15 is 0 Å². The number of anilines is 2. The molecule has 5 heteroatoms. The van der Waals surface area contributed by atoms with Gasteiger partial charge < -0.3 is 10.6 Å². The molecule has 0 atom stereocenters. The van der Waals surface area contributed by atoms with Crippen LogP contribution in [-0.2, 0) is 6.42 Å². The smallest absolute Gasteiger partial charge is 0.224 e. The van der Waals surface area contributed by atoms with Crippen LogP contribution in [-0.4, -0.2) is 23.1 Å². The second-order valence-corrected chi connectivity index (χ2v) is 5.88. The second kappa shape index (κ2) is 6.31. The highest BCUT2D eigenvalue weighted by atomic mass is 35.5. The van der Waals surface area contributed by atoms with Gasteiger partial charge in [-0.25, -0.2) is 4.98 Å². The molecule has 0 amide bonds. The number of hydrogen-bond acceptors (Lipinski definition) is 4. The van der Waals surface area contributed by atoms with Crippen molar-refractivity contribution < 1.29 is 0 Å². The van der Waals surface area contributed by atoms with Gasteiger partial charge >= 0.3 is 0 Å². The minimum absolute atomic E-state index is 0.255. The Labute approximate surface area is 130 Å². The lowest BCUT2D eigenvalue weighted by Crippen LogP contribution is -2.35. The van der Waals surface area contributed by atoms with E-state index in [4.69, 9.17) is 17.3 Å². The molecule has 0 spiro atoms. The molecule has 1 aliphatic heterocycles. The molecular weight excluding hydrogens is 284 g/mol. The zero-order valence-electron chi connectivity index (χ0n) is 11.9. The van der Waals surface area contributed by atoms with Crippen LogP contribution >= 0.6 is 11.6 Å². The molecule has 1 aliphatic rings. The van der Waals surface area contributed by atoms with Gasteiger partial charge in [0.25, 0.3) is 0 Å². The third-order valence-electron chi connectivity index (χ3n) is 4.05. The fraction of sp³-hybridized carbons (Fsp3) is 0.375. The van der Waals surface area contributed by atoms with Crippen LogP contribution in [0.2, 0.25) is 5.28 Å². The predicted molar refractivity (Wildman–Crippen MR) is 86.5 cm³/mol. The lowest BCUT2D eigenvalue weighted by molar-refractivity contribution is 0.402. The Morgan fingerprint density at radius 3 is 2.62 bits per heavy atom. The molecule has 4 nitrogen and oxygen atoms in total. The lowest BCUT2D eigenvalue weighted by atomic mass is 9.90. The Morgan fingerprint density at radius 1 is 1.19 bits per heavy atom. The van der Waals surface area contributed by atoms with E-state index in [2.05, 4.69) is 45.2 Å². The van der Waals surface area contributed by atoms with Gasteiger partial charge in [-0.05, 0) is 42.3 Å². The zero-order valence-corrected chi connectivity index (χ0v) is 12.6. The molecule has 3 rings (SSSR count). The molecule has 2 aromatic rings. The van der Waals surface area contributed by atoms with Crippen LogP contribution in [0.4, 0.5) is 11.5 Å². The number of hydrogen-bond donors (Lipinski definition) is 1. The maximum absolute atomic E-state index is 5.95. The number of nitrogens with two attached hydrogens (primary N) is 1. The van der Waals surface area contributed by atoms with Gasteiger partial charge in [0.05, 0.1) is 11.9 Å². The van der Waals surface area contributed by atoms with Crippen LogP contribution in [0.5, 0.6) is 0 Å². The van der Waals surface area contributed by atoms with E-state index in [1.54, 1.807) is 6.20 Å². The van der Waals surface area contributed by atoms with Crippen molar-refractivity contribution in [2.45, 2.75) is 19.3 Å². The molecule has 110 valence electrons. The van der Waals surface area contributed by atoms with Gasteiger partial charge in [0, 0.05) is 13.1 Å². The molecule has 21 heavy (non-hydrogen) atoms. The minimum Gasteiger partial charge on any atom is -0.394 e. The Morgan fingerprint density at radius 2 is 1.90 bits per heavy atom. The van der Waals surface area contributed by atoms with Crippen molar-refractivity contribution >= 4 is 23.1 Å². The summed E-state index contributed by atoms with van der Waals surface area (Å²) in [5, 5.41) is 0.255. The predicted octanol–water partition coefficient (Wildman–Crippen LogP) is 3.17. The van der Waals surface area contributed by atoms with Gasteiger partial charge in [-0.3, -0.25) is 0 Å². The molecule has 0 radical (unpaired) electrons. The molecule has 0 aliphatic carbocycles. The van der Waals surface area contributed by atoms with Crippen molar-refractivity contribution in [2.75, 3.05) is 23.7 Å². The second-order valence-electron chi connectivity index (χ2n) is 5.54. The summed E-state index contributed by atoms with van der Waals surface area (Å²) >= 11 is 5.87. The molecule has 1 aromatic heterocycles. The van der Waals surface area contributed by atoms with Crippen molar-refractivity contribution in [1.82, 2.24) is 9.97 Å². The molecule has 2 heterocycles. The SMILES string of the molecule is Nc1cnc(Cl)nc1N1CCC(Cc2ccccc2)CC1. The molecule has 2 N–H and O–H groups in total. The van der Waals surface area contributed by atoms with Crippen molar-refractivity contribution in [1.29, 1.82) is 0 Å². The third kappa shape index (κ3) is 3.45. The number of rotatable bonds is 3. The highest BCUT2D eigenvalue weighted by Crippen LogP contribution is 2.28. The highest BCUT2D eigenvalue weighted by Gasteiger charge is 2.22. The molecule has 1 aromatic carbocycles. The molecular formula is C16H19ClN4. The van der Waals surface area contributed by atoms with E-state index in [1.165, 1.54) is 5.56 Å². The van der Waals surface area contributed by atoms with Crippen LogP contribution in [0, 0.1) is 5.92 Å². The lowest BCUT2D eigenvalue weighted by Gasteiger charge is -2.33. The van der Waals surface area contributed by atoms with E-state index in [1.807, 2.05) is 0 Å². The average Bonchev–Trinajstić information content (AvgIpc) is 2.52. The normalized spacial score (nSPS) is 16.1. The summed E-state index contributed by atoms with van der Waals surface area (Å²) in [4.78, 5) is 10.4. The first-order valence-electron chi connectivity index (χ1n) is 7.29. The Hall–Kier alpha value is -1.81. The largest absolute Gasteiger partial charge is 0.394 e. The zero-order chi connectivity index (χ0) is 14.7. The Bertz CT molecular complexity index is 594.